The zero-order valence-corrected chi connectivity index (χ0v) is 12.7. The van der Waals surface area contributed by atoms with Gasteiger partial charge in [-0.1, -0.05) is 0 Å². The summed E-state index contributed by atoms with van der Waals surface area (Å²) in [5, 5.41) is 0. The minimum atomic E-state index is -2.44. The van der Waals surface area contributed by atoms with E-state index in [4.69, 9.17) is 9.47 Å². The number of hydrogen-bond acceptors (Lipinski definition) is 3. The molecule has 1 aliphatic rings. The van der Waals surface area contributed by atoms with Gasteiger partial charge >= 0.3 is 0 Å². The van der Waals surface area contributed by atoms with Gasteiger partial charge in [0.05, 0.1) is 26.4 Å². The van der Waals surface area contributed by atoms with Gasteiger partial charge < -0.3 is 9.47 Å². The lowest BCUT2D eigenvalue weighted by Crippen LogP contribution is -2.30. The van der Waals surface area contributed by atoms with E-state index in [1.807, 2.05) is 42.3 Å². The lowest BCUT2D eigenvalue weighted by Gasteiger charge is -2.34. The molecule has 0 N–H and O–H groups in total. The van der Waals surface area contributed by atoms with Crippen molar-refractivity contribution >= 4 is 7.59 Å². The Bertz CT molecular complexity index is 203. The van der Waals surface area contributed by atoms with E-state index in [0.29, 0.717) is 0 Å². The van der Waals surface area contributed by atoms with E-state index in [-0.39, 0.29) is 0 Å². The Morgan fingerprint density at radius 2 is 0.941 bits per heavy atom. The van der Waals surface area contributed by atoms with Crippen LogP contribution in [0.3, 0.4) is 0 Å². The Hall–Kier alpha value is 0.0300. The Kier molecular flexibility index (Phi) is 8.20. The van der Waals surface area contributed by atoms with Gasteiger partial charge in [0.1, 0.15) is 0 Å². The summed E-state index contributed by atoms with van der Waals surface area (Å²) < 4.78 is 27.2. The van der Waals surface area contributed by atoms with E-state index >= 15 is 0 Å². The average Bonchev–Trinajstić information content (AvgIpc) is 2.30. The fourth-order valence-electron chi connectivity index (χ4n) is 1.51. The van der Waals surface area contributed by atoms with Crippen LogP contribution in [0.15, 0.2) is 0 Å². The smallest absolute Gasteiger partial charge is 0.285 e. The van der Waals surface area contributed by atoms with E-state index in [1.165, 1.54) is 0 Å². The first-order chi connectivity index (χ1) is 7.83. The van der Waals surface area contributed by atoms with Crippen LogP contribution in [0.1, 0.15) is 0 Å². The summed E-state index contributed by atoms with van der Waals surface area (Å²) in [5.41, 5.74) is 0. The van der Waals surface area contributed by atoms with Crippen LogP contribution >= 0.6 is 7.59 Å². The molecule has 17 heavy (non-hydrogen) atoms. The van der Waals surface area contributed by atoms with Crippen molar-refractivity contribution in [3.8, 4) is 0 Å². The maximum absolute atomic E-state index is 12.1. The number of rotatable bonds is 3. The molecule has 0 aliphatic carbocycles. The van der Waals surface area contributed by atoms with Crippen LogP contribution in [0.5, 0.6) is 0 Å². The molecule has 0 unspecified atom stereocenters. The molecule has 0 atom stereocenters. The maximum Gasteiger partial charge on any atom is 0.285 e. The average molecular weight is 267 g/mol. The summed E-state index contributed by atoms with van der Waals surface area (Å²) >= 11 is 0. The molecule has 1 saturated heterocycles. The zero-order chi connectivity index (χ0) is 13.5. The van der Waals surface area contributed by atoms with Crippen LogP contribution in [0, 0.1) is 0 Å². The largest absolute Gasteiger partial charge is 0.377 e. The normalized spacial score (nSPS) is 17.2. The summed E-state index contributed by atoms with van der Waals surface area (Å²) in [6.45, 7) is 3.11. The number of nitrogens with zero attached hydrogens (tertiary/aromatic N) is 3. The van der Waals surface area contributed by atoms with Crippen LogP contribution in [0.4, 0.5) is 0 Å². The molecule has 104 valence electrons. The highest BCUT2D eigenvalue weighted by Gasteiger charge is 2.30. The summed E-state index contributed by atoms with van der Waals surface area (Å²) in [6.07, 6.45) is 0. The van der Waals surface area contributed by atoms with Gasteiger partial charge in [0.25, 0.3) is 7.59 Å². The lowest BCUT2D eigenvalue weighted by atomic mass is 10.6. The van der Waals surface area contributed by atoms with E-state index in [2.05, 4.69) is 0 Å². The SMILES string of the molecule is C1COCCO1.CN(C)P(=O)(N(C)C)N(C)C. The number of hydrogen-bond donors (Lipinski definition) is 0. The molecule has 0 aromatic heterocycles. The van der Waals surface area contributed by atoms with Gasteiger partial charge in [0, 0.05) is 0 Å². The second kappa shape index (κ2) is 8.19. The van der Waals surface area contributed by atoms with Crippen molar-refractivity contribution in [3.05, 3.63) is 0 Å². The van der Waals surface area contributed by atoms with E-state index in [9.17, 15) is 4.57 Å². The highest BCUT2D eigenvalue weighted by atomic mass is 31.2. The molecule has 6 nitrogen and oxygen atoms in total. The zero-order valence-electron chi connectivity index (χ0n) is 11.8. The van der Waals surface area contributed by atoms with E-state index in [1.54, 1.807) is 14.0 Å². The molecule has 0 aromatic rings. The summed E-state index contributed by atoms with van der Waals surface area (Å²) in [7, 11) is 8.49. The molecule has 0 spiro atoms. The fraction of sp³-hybridized carbons (Fsp3) is 1.00. The minimum Gasteiger partial charge on any atom is -0.377 e. The van der Waals surface area contributed by atoms with Crippen molar-refractivity contribution < 1.29 is 14.0 Å². The molecule has 0 saturated carbocycles. The fourth-order valence-corrected chi connectivity index (χ4v) is 3.66. The monoisotopic (exact) mass is 267 g/mol. The predicted octanol–water partition coefficient (Wildman–Crippen LogP) is 0.813. The first kappa shape index (κ1) is 17.0. The standard InChI is InChI=1S/C6H18N3OP.C4H8O2/c1-7(2)11(10,8(3)4)9(5)6;1-2-6-4-3-5-1/h1-6H3;1-4H2. The molecule has 0 amide bonds. The Morgan fingerprint density at radius 1 is 0.706 bits per heavy atom. The Morgan fingerprint density at radius 3 is 1.00 bits per heavy atom. The molecule has 0 radical (unpaired) electrons. The van der Waals surface area contributed by atoms with Gasteiger partial charge in [0.15, 0.2) is 0 Å². The highest BCUT2D eigenvalue weighted by molar-refractivity contribution is 7.56. The first-order valence-corrected chi connectivity index (χ1v) is 7.19. The molecular formula is C10H26N3O3P. The topological polar surface area (TPSA) is 45.3 Å². The van der Waals surface area contributed by atoms with Crippen LogP contribution in [-0.2, 0) is 14.0 Å². The molecule has 1 fully saturated rings. The van der Waals surface area contributed by atoms with Crippen molar-refractivity contribution in [1.82, 2.24) is 14.0 Å². The Balaban J connectivity index is 0.000000354. The Labute approximate surface area is 105 Å². The molecular weight excluding hydrogens is 241 g/mol. The third-order valence-electron chi connectivity index (χ3n) is 2.31. The molecule has 1 heterocycles. The van der Waals surface area contributed by atoms with Gasteiger partial charge in [-0.15, -0.1) is 0 Å². The van der Waals surface area contributed by atoms with E-state index < -0.39 is 7.59 Å². The first-order valence-electron chi connectivity index (χ1n) is 5.62. The van der Waals surface area contributed by atoms with Gasteiger partial charge in [-0.25, -0.2) is 14.0 Å². The molecule has 0 aromatic carbocycles. The second-order valence-electron chi connectivity index (χ2n) is 4.28. The van der Waals surface area contributed by atoms with Gasteiger partial charge in [-0.3, -0.25) is 4.57 Å². The van der Waals surface area contributed by atoms with Crippen molar-refractivity contribution in [1.29, 1.82) is 0 Å². The lowest BCUT2D eigenvalue weighted by molar-refractivity contribution is -0.0334. The molecule has 1 rings (SSSR count). The van der Waals surface area contributed by atoms with Crippen LogP contribution < -0.4 is 0 Å². The van der Waals surface area contributed by atoms with E-state index in [0.717, 1.165) is 26.4 Å². The highest BCUT2D eigenvalue weighted by Crippen LogP contribution is 2.50. The summed E-state index contributed by atoms with van der Waals surface area (Å²) in [5.74, 6) is 0. The molecule has 7 heteroatoms. The van der Waals surface area contributed by atoms with Crippen molar-refractivity contribution in [2.45, 2.75) is 0 Å². The van der Waals surface area contributed by atoms with Crippen LogP contribution in [0.25, 0.3) is 0 Å². The van der Waals surface area contributed by atoms with Crippen molar-refractivity contribution in [3.63, 3.8) is 0 Å². The van der Waals surface area contributed by atoms with Crippen molar-refractivity contribution in [2.75, 3.05) is 68.7 Å². The van der Waals surface area contributed by atoms with Gasteiger partial charge in [-0.2, -0.15) is 0 Å². The van der Waals surface area contributed by atoms with Gasteiger partial charge in [-0.05, 0) is 42.3 Å². The van der Waals surface area contributed by atoms with Crippen LogP contribution in [0.2, 0.25) is 0 Å². The number of ether oxygens (including phenoxy) is 2. The van der Waals surface area contributed by atoms with Crippen molar-refractivity contribution in [2.24, 2.45) is 0 Å². The second-order valence-corrected chi connectivity index (χ2v) is 7.71. The minimum absolute atomic E-state index is 0.778. The third kappa shape index (κ3) is 5.46. The quantitative estimate of drug-likeness (QED) is 0.705. The maximum atomic E-state index is 12.1. The summed E-state index contributed by atoms with van der Waals surface area (Å²) in [6, 6.07) is 0. The van der Waals surface area contributed by atoms with Gasteiger partial charge in [0.2, 0.25) is 0 Å². The molecule has 1 aliphatic heterocycles. The third-order valence-corrected chi connectivity index (χ3v) is 5.43. The summed E-state index contributed by atoms with van der Waals surface area (Å²) in [4.78, 5) is 0. The predicted molar refractivity (Wildman–Crippen MR) is 70.3 cm³/mol. The van der Waals surface area contributed by atoms with Crippen LogP contribution in [-0.4, -0.2) is 82.7 Å². The molecule has 0 bridgehead atoms.